The summed E-state index contributed by atoms with van der Waals surface area (Å²) in [6.07, 6.45) is 4.05. The Morgan fingerprint density at radius 1 is 1.46 bits per heavy atom. The predicted molar refractivity (Wildman–Crippen MR) is 98.5 cm³/mol. The fourth-order valence-electron chi connectivity index (χ4n) is 2.88. The molecule has 0 saturated carbocycles. The highest BCUT2D eigenvalue weighted by Gasteiger charge is 2.19. The number of aromatic nitrogens is 1. The summed E-state index contributed by atoms with van der Waals surface area (Å²) < 4.78 is 0.510. The normalized spacial score (nSPS) is 15.5. The number of anilines is 2. The van der Waals surface area contributed by atoms with Crippen LogP contribution in [0.4, 0.5) is 11.4 Å². The molecule has 0 aliphatic carbocycles. The Labute approximate surface area is 150 Å². The molecule has 1 aromatic carbocycles. The first-order valence-electron chi connectivity index (χ1n) is 7.99. The second-order valence-corrected chi connectivity index (χ2v) is 7.84. The zero-order valence-corrected chi connectivity index (χ0v) is 15.0. The summed E-state index contributed by atoms with van der Waals surface area (Å²) in [6, 6.07) is 5.28. The molecule has 2 aromatic rings. The van der Waals surface area contributed by atoms with Gasteiger partial charge in [0.2, 0.25) is 0 Å². The van der Waals surface area contributed by atoms with Gasteiger partial charge in [0.15, 0.2) is 4.47 Å². The number of carbonyl (C=O) groups is 1. The summed E-state index contributed by atoms with van der Waals surface area (Å²) in [5.74, 6) is -0.173. The minimum absolute atomic E-state index is 0.286. The van der Waals surface area contributed by atoms with Crippen LogP contribution in [0, 0.1) is 5.92 Å². The largest absolute Gasteiger partial charge is 0.478 e. The molecule has 0 bridgehead atoms. The first kappa shape index (κ1) is 17.0. The van der Waals surface area contributed by atoms with Gasteiger partial charge in [0.05, 0.1) is 23.5 Å². The quantitative estimate of drug-likeness (QED) is 0.824. The molecule has 7 heteroatoms. The van der Waals surface area contributed by atoms with E-state index >= 15 is 0 Å². The average Bonchev–Trinajstić information content (AvgIpc) is 2.99. The Morgan fingerprint density at radius 2 is 2.21 bits per heavy atom. The molecule has 128 valence electrons. The Bertz CT molecular complexity index is 726. The second-order valence-electron chi connectivity index (χ2n) is 6.14. The van der Waals surface area contributed by atoms with Crippen molar-refractivity contribution in [3.8, 4) is 0 Å². The molecule has 0 spiro atoms. The number of nitrogens with zero attached hydrogens (tertiary/aromatic N) is 2. The third kappa shape index (κ3) is 3.99. The van der Waals surface area contributed by atoms with E-state index in [-0.39, 0.29) is 5.56 Å². The van der Waals surface area contributed by atoms with E-state index in [1.165, 1.54) is 11.3 Å². The summed E-state index contributed by atoms with van der Waals surface area (Å²) in [5, 5.41) is 12.6. The van der Waals surface area contributed by atoms with Crippen molar-refractivity contribution >= 4 is 40.3 Å². The maximum atomic E-state index is 11.3. The van der Waals surface area contributed by atoms with Crippen molar-refractivity contribution in [1.29, 1.82) is 0 Å². The molecule has 3 rings (SSSR count). The number of aromatic carboxylic acids is 1. The van der Waals surface area contributed by atoms with Crippen molar-refractivity contribution in [2.24, 2.45) is 5.92 Å². The van der Waals surface area contributed by atoms with E-state index in [4.69, 9.17) is 11.6 Å². The fourth-order valence-corrected chi connectivity index (χ4v) is 3.80. The van der Waals surface area contributed by atoms with Gasteiger partial charge in [-0.2, -0.15) is 0 Å². The zero-order chi connectivity index (χ0) is 17.1. The van der Waals surface area contributed by atoms with Crippen molar-refractivity contribution in [3.05, 3.63) is 39.3 Å². The van der Waals surface area contributed by atoms with Crippen molar-refractivity contribution in [2.45, 2.75) is 26.3 Å². The number of thiazole rings is 1. The maximum Gasteiger partial charge on any atom is 0.335 e. The average molecular weight is 366 g/mol. The van der Waals surface area contributed by atoms with Gasteiger partial charge < -0.3 is 15.3 Å². The summed E-state index contributed by atoms with van der Waals surface area (Å²) in [5.41, 5.74) is 2.19. The van der Waals surface area contributed by atoms with Gasteiger partial charge in [-0.25, -0.2) is 9.78 Å². The van der Waals surface area contributed by atoms with Crippen LogP contribution >= 0.6 is 22.9 Å². The monoisotopic (exact) mass is 365 g/mol. The number of halogens is 1. The molecule has 2 heterocycles. The molecule has 2 N–H and O–H groups in total. The molecule has 24 heavy (non-hydrogen) atoms. The molecular formula is C17H20ClN3O2S. The van der Waals surface area contributed by atoms with Crippen LogP contribution in [0.2, 0.25) is 4.47 Å². The van der Waals surface area contributed by atoms with Gasteiger partial charge in [0.25, 0.3) is 0 Å². The molecule has 1 aliphatic heterocycles. The van der Waals surface area contributed by atoms with Crippen LogP contribution in [0.3, 0.4) is 0 Å². The molecule has 1 aromatic heterocycles. The molecular weight excluding hydrogens is 346 g/mol. The lowest BCUT2D eigenvalue weighted by Crippen LogP contribution is -2.33. The van der Waals surface area contributed by atoms with Gasteiger partial charge in [0.1, 0.15) is 0 Å². The molecule has 1 saturated heterocycles. The summed E-state index contributed by atoms with van der Waals surface area (Å²) in [7, 11) is 0. The van der Waals surface area contributed by atoms with E-state index in [1.54, 1.807) is 18.3 Å². The highest BCUT2D eigenvalue weighted by molar-refractivity contribution is 7.15. The van der Waals surface area contributed by atoms with Crippen molar-refractivity contribution in [2.75, 3.05) is 23.3 Å². The van der Waals surface area contributed by atoms with Crippen LogP contribution in [-0.4, -0.2) is 29.1 Å². The molecule has 1 fully saturated rings. The SMILES string of the molecule is CC1CCN(c2ccc(C(=O)O)cc2NCc2cnc(Cl)s2)CC1. The smallest absolute Gasteiger partial charge is 0.335 e. The van der Waals surface area contributed by atoms with E-state index in [0.717, 1.165) is 48.1 Å². The predicted octanol–water partition coefficient (Wildman–Crippen LogP) is 4.34. The summed E-state index contributed by atoms with van der Waals surface area (Å²) in [6.45, 7) is 4.84. The molecule has 0 radical (unpaired) electrons. The highest BCUT2D eigenvalue weighted by Crippen LogP contribution is 2.31. The van der Waals surface area contributed by atoms with Crippen molar-refractivity contribution < 1.29 is 9.90 Å². The number of carboxylic acids is 1. The molecule has 0 amide bonds. The van der Waals surface area contributed by atoms with Gasteiger partial charge >= 0.3 is 5.97 Å². The Morgan fingerprint density at radius 3 is 2.83 bits per heavy atom. The van der Waals surface area contributed by atoms with E-state index in [0.29, 0.717) is 11.0 Å². The number of piperidine rings is 1. The fraction of sp³-hybridized carbons (Fsp3) is 0.412. The highest BCUT2D eigenvalue weighted by atomic mass is 35.5. The lowest BCUT2D eigenvalue weighted by molar-refractivity contribution is 0.0697. The number of hydrogen-bond acceptors (Lipinski definition) is 5. The molecule has 0 unspecified atom stereocenters. The maximum absolute atomic E-state index is 11.3. The van der Waals surface area contributed by atoms with E-state index in [2.05, 4.69) is 22.1 Å². The van der Waals surface area contributed by atoms with Crippen molar-refractivity contribution in [3.63, 3.8) is 0 Å². The molecule has 0 atom stereocenters. The van der Waals surface area contributed by atoms with Gasteiger partial charge in [-0.3, -0.25) is 0 Å². The van der Waals surface area contributed by atoms with E-state index < -0.39 is 5.97 Å². The Kier molecular flexibility index (Phi) is 5.26. The van der Waals surface area contributed by atoms with E-state index in [1.807, 2.05) is 6.07 Å². The van der Waals surface area contributed by atoms with Crippen LogP contribution in [-0.2, 0) is 6.54 Å². The van der Waals surface area contributed by atoms with Gasteiger partial charge in [0, 0.05) is 24.2 Å². The number of rotatable bonds is 5. The van der Waals surface area contributed by atoms with Crippen LogP contribution in [0.1, 0.15) is 35.0 Å². The zero-order valence-electron chi connectivity index (χ0n) is 13.5. The Hall–Kier alpha value is -1.79. The van der Waals surface area contributed by atoms with Crippen LogP contribution < -0.4 is 10.2 Å². The number of benzene rings is 1. The lowest BCUT2D eigenvalue weighted by atomic mass is 9.98. The van der Waals surface area contributed by atoms with Crippen LogP contribution in [0.15, 0.2) is 24.4 Å². The van der Waals surface area contributed by atoms with Gasteiger partial charge in [-0.05, 0) is 37.0 Å². The first-order valence-corrected chi connectivity index (χ1v) is 9.18. The third-order valence-electron chi connectivity index (χ3n) is 4.35. The number of hydrogen-bond donors (Lipinski definition) is 2. The first-order chi connectivity index (χ1) is 11.5. The van der Waals surface area contributed by atoms with Crippen LogP contribution in [0.25, 0.3) is 0 Å². The van der Waals surface area contributed by atoms with Gasteiger partial charge in [-0.15, -0.1) is 11.3 Å². The topological polar surface area (TPSA) is 65.5 Å². The summed E-state index contributed by atoms with van der Waals surface area (Å²) in [4.78, 5) is 18.7. The standard InChI is InChI=1S/C17H20ClN3O2S/c1-11-4-6-21(7-5-11)15-3-2-12(16(22)23)8-14(15)19-9-13-10-20-17(18)24-13/h2-3,8,10-11,19H,4-7,9H2,1H3,(H,22,23). The Balaban J connectivity index is 1.82. The van der Waals surface area contributed by atoms with E-state index in [9.17, 15) is 9.90 Å². The lowest BCUT2D eigenvalue weighted by Gasteiger charge is -2.33. The van der Waals surface area contributed by atoms with Crippen LogP contribution in [0.5, 0.6) is 0 Å². The number of nitrogens with one attached hydrogen (secondary N) is 1. The molecule has 5 nitrogen and oxygen atoms in total. The van der Waals surface area contributed by atoms with Gasteiger partial charge in [-0.1, -0.05) is 18.5 Å². The third-order valence-corrected chi connectivity index (χ3v) is 5.46. The van der Waals surface area contributed by atoms with Crippen molar-refractivity contribution in [1.82, 2.24) is 4.98 Å². The number of carboxylic acid groups (broad SMARTS) is 1. The summed E-state index contributed by atoms with van der Waals surface area (Å²) >= 11 is 7.29. The second kappa shape index (κ2) is 7.40. The molecule has 1 aliphatic rings. The minimum Gasteiger partial charge on any atom is -0.478 e. The minimum atomic E-state index is -0.919.